The molecule has 0 radical (unpaired) electrons. The van der Waals surface area contributed by atoms with Gasteiger partial charge in [-0.3, -0.25) is 0 Å². The van der Waals surface area contributed by atoms with E-state index in [1.54, 1.807) is 0 Å². The van der Waals surface area contributed by atoms with Gasteiger partial charge in [0, 0.05) is 6.54 Å². The van der Waals surface area contributed by atoms with Crippen molar-refractivity contribution >= 4 is 22.0 Å². The fourth-order valence-electron chi connectivity index (χ4n) is 0.870. The van der Waals surface area contributed by atoms with E-state index in [1.807, 2.05) is 5.32 Å². The molecule has 0 heterocycles. The number of hydrogen-bond donors (Lipinski definition) is 5. The number of urea groups is 1. The summed E-state index contributed by atoms with van der Waals surface area (Å²) in [6.07, 6.45) is 0.114. The standard InChI is InChI=1S/C7H15N3O6S/c8-17(15,16)3-1-2-9-7(14)10-5(4-11)6(12)13/h5,11H,1-4H2,(H,12,13)(H2,8,15,16)(H2,9,10,14)/t5-/m1/s1. The molecule has 0 unspecified atom stereocenters. The molecule has 0 bridgehead atoms. The molecule has 0 aromatic carbocycles. The molecule has 0 saturated heterocycles. The van der Waals surface area contributed by atoms with Crippen molar-refractivity contribution in [1.29, 1.82) is 0 Å². The average Bonchev–Trinajstić information content (AvgIpc) is 2.19. The van der Waals surface area contributed by atoms with Crippen molar-refractivity contribution in [2.75, 3.05) is 18.9 Å². The van der Waals surface area contributed by atoms with Gasteiger partial charge in [-0.15, -0.1) is 0 Å². The molecule has 0 rings (SSSR count). The third kappa shape index (κ3) is 8.42. The topological polar surface area (TPSA) is 159 Å². The van der Waals surface area contributed by atoms with Gasteiger partial charge in [-0.25, -0.2) is 23.1 Å². The van der Waals surface area contributed by atoms with E-state index in [9.17, 15) is 18.0 Å². The van der Waals surface area contributed by atoms with Crippen molar-refractivity contribution in [3.63, 3.8) is 0 Å². The van der Waals surface area contributed by atoms with Crippen LogP contribution in [0.2, 0.25) is 0 Å². The highest BCUT2D eigenvalue weighted by atomic mass is 32.2. The molecule has 0 spiro atoms. The molecule has 10 heteroatoms. The van der Waals surface area contributed by atoms with Gasteiger partial charge in [0.05, 0.1) is 12.4 Å². The van der Waals surface area contributed by atoms with Crippen LogP contribution in [-0.2, 0) is 14.8 Å². The van der Waals surface area contributed by atoms with Crippen LogP contribution in [0, 0.1) is 0 Å². The van der Waals surface area contributed by atoms with Gasteiger partial charge in [0.25, 0.3) is 0 Å². The molecule has 100 valence electrons. The number of aliphatic hydroxyl groups is 1. The molecular formula is C7H15N3O6S. The Kier molecular flexibility index (Phi) is 6.46. The summed E-state index contributed by atoms with van der Waals surface area (Å²) in [5.41, 5.74) is 0. The summed E-state index contributed by atoms with van der Waals surface area (Å²) in [5.74, 6) is -1.65. The first kappa shape index (κ1) is 15.6. The maximum Gasteiger partial charge on any atom is 0.328 e. The molecule has 1 atom stereocenters. The molecule has 0 aromatic rings. The zero-order chi connectivity index (χ0) is 13.5. The van der Waals surface area contributed by atoms with Gasteiger partial charge in [0.1, 0.15) is 0 Å². The summed E-state index contributed by atoms with van der Waals surface area (Å²) in [7, 11) is -3.57. The molecular weight excluding hydrogens is 254 g/mol. The second kappa shape index (κ2) is 7.04. The van der Waals surface area contributed by atoms with Gasteiger partial charge < -0.3 is 20.8 Å². The maximum absolute atomic E-state index is 11.1. The fraction of sp³-hybridized carbons (Fsp3) is 0.714. The second-order valence-corrected chi connectivity index (χ2v) is 4.93. The SMILES string of the molecule is NS(=O)(=O)CCCNC(=O)N[C@H](CO)C(=O)O. The van der Waals surface area contributed by atoms with E-state index < -0.39 is 34.7 Å². The first-order valence-corrected chi connectivity index (χ1v) is 6.36. The number of primary sulfonamides is 1. The predicted molar refractivity (Wildman–Crippen MR) is 57.6 cm³/mol. The van der Waals surface area contributed by atoms with Gasteiger partial charge in [0.15, 0.2) is 6.04 Å². The smallest absolute Gasteiger partial charge is 0.328 e. The minimum Gasteiger partial charge on any atom is -0.480 e. The number of aliphatic hydroxyl groups excluding tert-OH is 1. The molecule has 0 aromatic heterocycles. The number of amides is 2. The number of carboxylic acid groups (broad SMARTS) is 1. The highest BCUT2D eigenvalue weighted by molar-refractivity contribution is 7.89. The summed E-state index contributed by atoms with van der Waals surface area (Å²) in [4.78, 5) is 21.5. The Morgan fingerprint density at radius 1 is 1.35 bits per heavy atom. The minimum absolute atomic E-state index is 0.0278. The first-order chi connectivity index (χ1) is 7.76. The van der Waals surface area contributed by atoms with Gasteiger partial charge in [-0.05, 0) is 6.42 Å². The van der Waals surface area contributed by atoms with Crippen LogP contribution in [-0.4, -0.2) is 55.6 Å². The lowest BCUT2D eigenvalue weighted by atomic mass is 10.3. The molecule has 17 heavy (non-hydrogen) atoms. The predicted octanol–water partition coefficient (Wildman–Crippen LogP) is -2.59. The number of carboxylic acids is 1. The van der Waals surface area contributed by atoms with Gasteiger partial charge >= 0.3 is 12.0 Å². The van der Waals surface area contributed by atoms with Crippen LogP contribution in [0.15, 0.2) is 0 Å². The van der Waals surface area contributed by atoms with E-state index in [2.05, 4.69) is 5.32 Å². The van der Waals surface area contributed by atoms with Crippen molar-refractivity contribution in [3.05, 3.63) is 0 Å². The number of hydrogen-bond acceptors (Lipinski definition) is 5. The molecule has 0 saturated carbocycles. The highest BCUT2D eigenvalue weighted by Crippen LogP contribution is 1.85. The Labute approximate surface area is 98.0 Å². The molecule has 0 aliphatic carbocycles. The molecule has 0 aliphatic heterocycles. The van der Waals surface area contributed by atoms with Crippen LogP contribution in [0.4, 0.5) is 4.79 Å². The Morgan fingerprint density at radius 2 is 1.94 bits per heavy atom. The number of nitrogens with one attached hydrogen (secondary N) is 2. The number of carbonyl (C=O) groups excluding carboxylic acids is 1. The number of rotatable bonds is 7. The van der Waals surface area contributed by atoms with Crippen molar-refractivity contribution in [2.45, 2.75) is 12.5 Å². The van der Waals surface area contributed by atoms with E-state index >= 15 is 0 Å². The van der Waals surface area contributed by atoms with Crippen LogP contribution >= 0.6 is 0 Å². The summed E-state index contributed by atoms with van der Waals surface area (Å²) in [5, 5.41) is 26.0. The normalized spacial score (nSPS) is 12.8. The minimum atomic E-state index is -3.57. The third-order valence-electron chi connectivity index (χ3n) is 1.68. The van der Waals surface area contributed by atoms with Crippen molar-refractivity contribution in [1.82, 2.24) is 10.6 Å². The molecule has 9 nitrogen and oxygen atoms in total. The highest BCUT2D eigenvalue weighted by Gasteiger charge is 2.18. The van der Waals surface area contributed by atoms with Crippen molar-refractivity contribution in [2.24, 2.45) is 5.14 Å². The van der Waals surface area contributed by atoms with E-state index in [4.69, 9.17) is 15.4 Å². The number of sulfonamides is 1. The van der Waals surface area contributed by atoms with E-state index in [1.165, 1.54) is 0 Å². The van der Waals surface area contributed by atoms with E-state index in [-0.39, 0.29) is 18.7 Å². The van der Waals surface area contributed by atoms with Crippen LogP contribution in [0.3, 0.4) is 0 Å². The van der Waals surface area contributed by atoms with Crippen LogP contribution in [0.5, 0.6) is 0 Å². The first-order valence-electron chi connectivity index (χ1n) is 4.64. The Morgan fingerprint density at radius 3 is 2.35 bits per heavy atom. The lowest BCUT2D eigenvalue weighted by molar-refractivity contribution is -0.140. The number of aliphatic carboxylic acids is 1. The second-order valence-electron chi connectivity index (χ2n) is 3.19. The Hall–Kier alpha value is -1.39. The van der Waals surface area contributed by atoms with E-state index in [0.717, 1.165) is 0 Å². The molecule has 0 fully saturated rings. The number of carbonyl (C=O) groups is 2. The van der Waals surface area contributed by atoms with E-state index in [0.29, 0.717) is 0 Å². The van der Waals surface area contributed by atoms with Gasteiger partial charge in [-0.2, -0.15) is 0 Å². The van der Waals surface area contributed by atoms with Crippen molar-refractivity contribution in [3.8, 4) is 0 Å². The molecule has 0 aliphatic rings. The summed E-state index contributed by atoms with van der Waals surface area (Å²) < 4.78 is 21.1. The third-order valence-corrected chi connectivity index (χ3v) is 2.53. The van der Waals surface area contributed by atoms with Gasteiger partial charge in [0.2, 0.25) is 10.0 Å². The summed E-state index contributed by atoms with van der Waals surface area (Å²) in [6, 6.07) is -2.20. The summed E-state index contributed by atoms with van der Waals surface area (Å²) in [6.45, 7) is -0.708. The van der Waals surface area contributed by atoms with Crippen molar-refractivity contribution < 1.29 is 28.2 Å². The maximum atomic E-state index is 11.1. The van der Waals surface area contributed by atoms with Gasteiger partial charge in [-0.1, -0.05) is 0 Å². The lowest BCUT2D eigenvalue weighted by Gasteiger charge is -2.12. The zero-order valence-electron chi connectivity index (χ0n) is 8.92. The number of nitrogens with two attached hydrogens (primary N) is 1. The van der Waals surface area contributed by atoms with Crippen LogP contribution in [0.25, 0.3) is 0 Å². The molecule has 2 amide bonds. The average molecular weight is 269 g/mol. The Balaban J connectivity index is 3.84. The van der Waals surface area contributed by atoms with Crippen LogP contribution in [0.1, 0.15) is 6.42 Å². The fourth-order valence-corrected chi connectivity index (χ4v) is 1.42. The monoisotopic (exact) mass is 269 g/mol. The lowest BCUT2D eigenvalue weighted by Crippen LogP contribution is -2.48. The summed E-state index contributed by atoms with van der Waals surface area (Å²) >= 11 is 0. The largest absolute Gasteiger partial charge is 0.480 e. The van der Waals surface area contributed by atoms with Crippen LogP contribution < -0.4 is 15.8 Å². The molecule has 6 N–H and O–H groups in total. The Bertz CT molecular complexity index is 368. The quantitative estimate of drug-likeness (QED) is 0.319. The zero-order valence-corrected chi connectivity index (χ0v) is 9.74.